The van der Waals surface area contributed by atoms with E-state index in [0.717, 1.165) is 35.3 Å². The third-order valence-corrected chi connectivity index (χ3v) is 7.48. The minimum absolute atomic E-state index is 0.118. The van der Waals surface area contributed by atoms with Crippen LogP contribution in [0, 0.1) is 0 Å². The van der Waals surface area contributed by atoms with Gasteiger partial charge in [0.25, 0.3) is 11.8 Å². The van der Waals surface area contributed by atoms with E-state index in [2.05, 4.69) is 4.98 Å². The summed E-state index contributed by atoms with van der Waals surface area (Å²) >= 11 is 0. The predicted octanol–water partition coefficient (Wildman–Crippen LogP) is 4.04. The molecule has 4 aromatic rings. The SMILES string of the molecule is O=C(CN1C(=O)c2ccccc2N2C(=O)c3ccccc3[C@@H]12)N1CCC[C@H]1c1nc2ccccc2[nH]1. The lowest BCUT2D eigenvalue weighted by atomic mass is 10.0. The molecule has 4 heterocycles. The number of hydrogen-bond acceptors (Lipinski definition) is 4. The van der Waals surface area contributed by atoms with E-state index >= 15 is 0 Å². The number of H-pyrrole nitrogens is 1. The second-order valence-corrected chi connectivity index (χ2v) is 9.47. The molecule has 0 unspecified atom stereocenters. The zero-order valence-electron chi connectivity index (χ0n) is 19.4. The number of nitrogens with one attached hydrogen (secondary N) is 1. The van der Waals surface area contributed by atoms with Crippen LogP contribution in [0.4, 0.5) is 5.69 Å². The first kappa shape index (κ1) is 20.9. The average molecular weight is 478 g/mol. The number of fused-ring (bicyclic) bond motifs is 6. The molecular weight excluding hydrogens is 454 g/mol. The maximum absolute atomic E-state index is 13.7. The molecular formula is C28H23N5O3. The first-order chi connectivity index (χ1) is 17.6. The summed E-state index contributed by atoms with van der Waals surface area (Å²) in [6.07, 6.45) is 1.02. The molecule has 3 aliphatic rings. The number of likely N-dealkylation sites (tertiary alicyclic amines) is 1. The molecule has 7 rings (SSSR count). The molecule has 0 aliphatic carbocycles. The maximum Gasteiger partial charge on any atom is 0.260 e. The summed E-state index contributed by atoms with van der Waals surface area (Å²) in [6.45, 7) is 0.482. The van der Waals surface area contributed by atoms with Crippen LogP contribution in [0.3, 0.4) is 0 Å². The van der Waals surface area contributed by atoms with Crippen LogP contribution < -0.4 is 4.90 Å². The van der Waals surface area contributed by atoms with Gasteiger partial charge in [-0.05, 0) is 43.2 Å². The van der Waals surface area contributed by atoms with Crippen LogP contribution >= 0.6 is 0 Å². The predicted molar refractivity (Wildman–Crippen MR) is 133 cm³/mol. The van der Waals surface area contributed by atoms with Crippen molar-refractivity contribution in [1.82, 2.24) is 19.8 Å². The molecule has 8 heteroatoms. The Morgan fingerprint density at radius 2 is 1.67 bits per heavy atom. The van der Waals surface area contributed by atoms with Gasteiger partial charge in [0.1, 0.15) is 18.5 Å². The number of carbonyl (C=O) groups is 3. The molecule has 8 nitrogen and oxygen atoms in total. The van der Waals surface area contributed by atoms with Crippen molar-refractivity contribution in [2.45, 2.75) is 25.0 Å². The van der Waals surface area contributed by atoms with Crippen molar-refractivity contribution in [2.75, 3.05) is 18.0 Å². The zero-order chi connectivity index (χ0) is 24.4. The lowest BCUT2D eigenvalue weighted by Gasteiger charge is -2.41. The number of anilines is 1. The second-order valence-electron chi connectivity index (χ2n) is 9.47. The third-order valence-electron chi connectivity index (χ3n) is 7.48. The van der Waals surface area contributed by atoms with Crippen molar-refractivity contribution < 1.29 is 14.4 Å². The van der Waals surface area contributed by atoms with Crippen molar-refractivity contribution in [3.05, 3.63) is 95.3 Å². The number of para-hydroxylation sites is 3. The Labute approximate surface area is 207 Å². The molecule has 0 spiro atoms. The highest BCUT2D eigenvalue weighted by atomic mass is 16.2. The van der Waals surface area contributed by atoms with Crippen molar-refractivity contribution in [3.63, 3.8) is 0 Å². The molecule has 178 valence electrons. The number of aromatic amines is 1. The van der Waals surface area contributed by atoms with E-state index < -0.39 is 6.17 Å². The Bertz CT molecular complexity index is 1530. The normalized spacial score (nSPS) is 20.6. The van der Waals surface area contributed by atoms with Crippen LogP contribution in [0.15, 0.2) is 72.8 Å². The highest BCUT2D eigenvalue weighted by Crippen LogP contribution is 2.45. The molecule has 3 aliphatic heterocycles. The fourth-order valence-corrected chi connectivity index (χ4v) is 5.85. The molecule has 36 heavy (non-hydrogen) atoms. The largest absolute Gasteiger partial charge is 0.340 e. The van der Waals surface area contributed by atoms with E-state index in [9.17, 15) is 14.4 Å². The molecule has 0 radical (unpaired) electrons. The fourth-order valence-electron chi connectivity index (χ4n) is 5.85. The standard InChI is InChI=1S/C28H23N5O3/c34-24(31-15-7-14-23(31)25-29-20-11-4-5-12-21(20)30-25)16-32-26-17-8-1-2-9-18(17)28(36)33(26)22-13-6-3-10-19(22)27(32)35/h1-6,8-13,23,26H,7,14-16H2,(H,29,30)/t23-,26-/m0/s1. The number of benzene rings is 3. The van der Waals surface area contributed by atoms with Gasteiger partial charge in [-0.3, -0.25) is 19.3 Å². The van der Waals surface area contributed by atoms with Gasteiger partial charge in [-0.1, -0.05) is 42.5 Å². The van der Waals surface area contributed by atoms with E-state index in [4.69, 9.17) is 4.98 Å². The van der Waals surface area contributed by atoms with Gasteiger partial charge in [-0.2, -0.15) is 0 Å². The van der Waals surface area contributed by atoms with E-state index in [1.165, 1.54) is 0 Å². The maximum atomic E-state index is 13.7. The van der Waals surface area contributed by atoms with Crippen LogP contribution in [0.25, 0.3) is 11.0 Å². The van der Waals surface area contributed by atoms with Gasteiger partial charge in [0.05, 0.1) is 28.3 Å². The smallest absolute Gasteiger partial charge is 0.260 e. The van der Waals surface area contributed by atoms with Gasteiger partial charge in [0.15, 0.2) is 0 Å². The lowest BCUT2D eigenvalue weighted by molar-refractivity contribution is -0.133. The summed E-state index contributed by atoms with van der Waals surface area (Å²) in [4.78, 5) is 53.9. The summed E-state index contributed by atoms with van der Waals surface area (Å²) in [5.41, 5.74) is 4.12. The Morgan fingerprint density at radius 1 is 0.917 bits per heavy atom. The second kappa shape index (κ2) is 7.78. The van der Waals surface area contributed by atoms with Gasteiger partial charge in [0.2, 0.25) is 5.91 Å². The van der Waals surface area contributed by atoms with Gasteiger partial charge in [-0.25, -0.2) is 4.98 Å². The van der Waals surface area contributed by atoms with Crippen LogP contribution in [0.1, 0.15) is 57.2 Å². The van der Waals surface area contributed by atoms with Crippen molar-refractivity contribution >= 4 is 34.4 Å². The van der Waals surface area contributed by atoms with Crippen LogP contribution in [-0.4, -0.2) is 50.6 Å². The quantitative estimate of drug-likeness (QED) is 0.482. The van der Waals surface area contributed by atoms with Crippen LogP contribution in [0.2, 0.25) is 0 Å². The summed E-state index contributed by atoms with van der Waals surface area (Å²) < 4.78 is 0. The van der Waals surface area contributed by atoms with Crippen molar-refractivity contribution in [1.29, 1.82) is 0 Å². The average Bonchev–Trinajstić information content (AvgIpc) is 3.63. The minimum atomic E-state index is -0.646. The number of aromatic nitrogens is 2. The van der Waals surface area contributed by atoms with Crippen molar-refractivity contribution in [2.24, 2.45) is 0 Å². The summed E-state index contributed by atoms with van der Waals surface area (Å²) in [7, 11) is 0. The van der Waals surface area contributed by atoms with E-state index in [0.29, 0.717) is 23.4 Å². The van der Waals surface area contributed by atoms with E-state index in [1.807, 2.05) is 53.4 Å². The van der Waals surface area contributed by atoms with Crippen molar-refractivity contribution in [3.8, 4) is 0 Å². The van der Waals surface area contributed by atoms with Crippen LogP contribution in [0.5, 0.6) is 0 Å². The Morgan fingerprint density at radius 3 is 2.53 bits per heavy atom. The highest BCUT2D eigenvalue weighted by Gasteiger charge is 2.48. The first-order valence-corrected chi connectivity index (χ1v) is 12.2. The van der Waals surface area contributed by atoms with E-state index in [1.54, 1.807) is 34.1 Å². The van der Waals surface area contributed by atoms with Gasteiger partial charge in [-0.15, -0.1) is 0 Å². The number of imidazole rings is 1. The van der Waals surface area contributed by atoms with Gasteiger partial charge >= 0.3 is 0 Å². The van der Waals surface area contributed by atoms with Gasteiger partial charge in [0, 0.05) is 17.7 Å². The highest BCUT2D eigenvalue weighted by molar-refractivity contribution is 6.17. The number of amides is 3. The molecule has 1 saturated heterocycles. The Kier molecular flexibility index (Phi) is 4.51. The Hall–Kier alpha value is -4.46. The molecule has 1 N–H and O–H groups in total. The monoisotopic (exact) mass is 477 g/mol. The minimum Gasteiger partial charge on any atom is -0.340 e. The Balaban J connectivity index is 1.24. The molecule has 3 amide bonds. The molecule has 1 fully saturated rings. The summed E-state index contributed by atoms with van der Waals surface area (Å²) in [6, 6.07) is 22.1. The van der Waals surface area contributed by atoms with Crippen LogP contribution in [-0.2, 0) is 4.79 Å². The topological polar surface area (TPSA) is 89.6 Å². The molecule has 0 bridgehead atoms. The molecule has 1 aromatic heterocycles. The number of hydrogen-bond donors (Lipinski definition) is 1. The summed E-state index contributed by atoms with van der Waals surface area (Å²) in [5, 5.41) is 0. The van der Waals surface area contributed by atoms with Gasteiger partial charge < -0.3 is 14.8 Å². The number of nitrogens with zero attached hydrogens (tertiary/aromatic N) is 4. The first-order valence-electron chi connectivity index (χ1n) is 12.2. The molecule has 2 atom stereocenters. The summed E-state index contributed by atoms with van der Waals surface area (Å²) in [5.74, 6) is 0.210. The zero-order valence-corrected chi connectivity index (χ0v) is 19.4. The number of rotatable bonds is 3. The fraction of sp³-hybridized carbons (Fsp3) is 0.214. The molecule has 0 saturated carbocycles. The number of carbonyl (C=O) groups excluding carboxylic acids is 3. The third kappa shape index (κ3) is 2.94. The lowest BCUT2D eigenvalue weighted by Crippen LogP contribution is -2.52. The van der Waals surface area contributed by atoms with E-state index in [-0.39, 0.29) is 30.3 Å². The molecule has 3 aromatic carbocycles.